The summed E-state index contributed by atoms with van der Waals surface area (Å²) in [6, 6.07) is 6.40. The van der Waals surface area contributed by atoms with E-state index < -0.39 is 61.4 Å². The van der Waals surface area contributed by atoms with Gasteiger partial charge in [-0.25, -0.2) is 8.78 Å². The van der Waals surface area contributed by atoms with Crippen molar-refractivity contribution < 1.29 is 49.4 Å². The number of hydrogen-bond acceptors (Lipinski definition) is 3. The van der Waals surface area contributed by atoms with Crippen LogP contribution in [-0.4, -0.2) is 30.7 Å². The lowest BCUT2D eigenvalue weighted by Gasteiger charge is -2.31. The molecule has 16 heteroatoms. The lowest BCUT2D eigenvalue weighted by molar-refractivity contribution is -0.605. The maximum Gasteiger partial charge on any atom is 0.435 e. The van der Waals surface area contributed by atoms with Crippen molar-refractivity contribution in [1.29, 1.82) is 0 Å². The van der Waals surface area contributed by atoms with Crippen molar-refractivity contribution in [1.82, 2.24) is 0 Å². The van der Waals surface area contributed by atoms with Crippen molar-refractivity contribution >= 4 is 55.0 Å². The maximum atomic E-state index is 15.5. The standard InChI is InChI=1S/C24H15Br2F8N3O3/c1-2-37(21(39)12-5-4-8-36(40)11-12)17-7-3-6-14(18(17)27)20(38)35-19-15(25)9-13(10-16(19)26)22(28,23(29,30)31)24(32,33)34/h3-11H,2H2,1H3,(H,35,38). The number of aromatic nitrogens is 1. The molecule has 0 unspecified atom stereocenters. The van der Waals surface area contributed by atoms with Crippen LogP contribution in [0.4, 0.5) is 46.5 Å². The number of alkyl halides is 7. The highest BCUT2D eigenvalue weighted by Crippen LogP contribution is 2.54. The summed E-state index contributed by atoms with van der Waals surface area (Å²) in [6.07, 6.45) is -10.6. The van der Waals surface area contributed by atoms with Crippen LogP contribution in [0, 0.1) is 11.0 Å². The predicted octanol–water partition coefficient (Wildman–Crippen LogP) is 7.19. The van der Waals surface area contributed by atoms with Crippen molar-refractivity contribution in [3.05, 3.63) is 91.5 Å². The van der Waals surface area contributed by atoms with Crippen LogP contribution in [0.25, 0.3) is 0 Å². The first-order chi connectivity index (χ1) is 18.4. The Balaban J connectivity index is 1.99. The molecule has 0 aliphatic heterocycles. The largest absolute Gasteiger partial charge is 0.619 e. The third-order valence-corrected chi connectivity index (χ3v) is 6.81. The molecule has 0 bridgehead atoms. The van der Waals surface area contributed by atoms with Crippen LogP contribution in [0.1, 0.15) is 33.2 Å². The Morgan fingerprint density at radius 2 is 1.55 bits per heavy atom. The Hall–Kier alpha value is -3.27. The molecule has 2 amide bonds. The highest BCUT2D eigenvalue weighted by atomic mass is 79.9. The number of amides is 2. The summed E-state index contributed by atoms with van der Waals surface area (Å²) in [5.41, 5.74) is -9.07. The van der Waals surface area contributed by atoms with Gasteiger partial charge in [-0.15, -0.1) is 0 Å². The molecule has 0 aliphatic rings. The number of benzene rings is 2. The molecular formula is C24H15Br2F8N3O3. The minimum atomic E-state index is -6.37. The minimum absolute atomic E-state index is 0.0804. The molecular weight excluding hydrogens is 690 g/mol. The van der Waals surface area contributed by atoms with Gasteiger partial charge >= 0.3 is 18.0 Å². The molecule has 0 aliphatic carbocycles. The molecule has 0 radical (unpaired) electrons. The molecule has 0 saturated heterocycles. The number of rotatable bonds is 6. The second-order valence-corrected chi connectivity index (χ2v) is 9.77. The van der Waals surface area contributed by atoms with Gasteiger partial charge in [-0.1, -0.05) is 6.07 Å². The number of halogens is 10. The van der Waals surface area contributed by atoms with Gasteiger partial charge in [0.05, 0.1) is 16.9 Å². The summed E-state index contributed by atoms with van der Waals surface area (Å²) in [4.78, 5) is 26.8. The van der Waals surface area contributed by atoms with Crippen LogP contribution in [0.2, 0.25) is 0 Å². The van der Waals surface area contributed by atoms with Crippen LogP contribution in [0.15, 0.2) is 63.8 Å². The van der Waals surface area contributed by atoms with Crippen molar-refractivity contribution in [2.24, 2.45) is 0 Å². The fourth-order valence-corrected chi connectivity index (χ4v) is 5.01. The fraction of sp³-hybridized carbons (Fsp3) is 0.208. The van der Waals surface area contributed by atoms with Crippen LogP contribution < -0.4 is 14.9 Å². The second-order valence-electron chi connectivity index (χ2n) is 8.06. The minimum Gasteiger partial charge on any atom is -0.619 e. The summed E-state index contributed by atoms with van der Waals surface area (Å²) in [7, 11) is 0. The molecule has 0 fully saturated rings. The van der Waals surface area contributed by atoms with Gasteiger partial charge in [0.2, 0.25) is 0 Å². The number of hydrogen-bond donors (Lipinski definition) is 1. The van der Waals surface area contributed by atoms with Gasteiger partial charge in [-0.3, -0.25) is 9.59 Å². The molecule has 214 valence electrons. The lowest BCUT2D eigenvalue weighted by Crippen LogP contribution is -2.50. The van der Waals surface area contributed by atoms with Gasteiger partial charge in [-0.05, 0) is 69.1 Å². The quantitative estimate of drug-likeness (QED) is 0.168. The summed E-state index contributed by atoms with van der Waals surface area (Å²) in [5, 5.41) is 13.7. The Morgan fingerprint density at radius 1 is 0.975 bits per heavy atom. The van der Waals surface area contributed by atoms with Crippen LogP contribution in [0.3, 0.4) is 0 Å². The molecule has 1 aromatic heterocycles. The number of nitrogens with zero attached hydrogens (tertiary/aromatic N) is 2. The second kappa shape index (κ2) is 11.3. The zero-order valence-electron chi connectivity index (χ0n) is 19.8. The Kier molecular flexibility index (Phi) is 8.84. The first-order valence-corrected chi connectivity index (χ1v) is 12.4. The van der Waals surface area contributed by atoms with Crippen molar-refractivity contribution in [2.75, 3.05) is 16.8 Å². The van der Waals surface area contributed by atoms with Crippen molar-refractivity contribution in [2.45, 2.75) is 24.9 Å². The SMILES string of the molecule is CCN(C(=O)c1ccc[n+]([O-])c1)c1cccc(C(=O)Nc2c(Br)cc(C(F)(C(F)(F)F)C(F)(F)F)cc2Br)c1F. The molecule has 0 spiro atoms. The summed E-state index contributed by atoms with van der Waals surface area (Å²) < 4.78 is 108. The number of carbonyl (C=O) groups excluding carboxylic acids is 2. The number of carbonyl (C=O) groups is 2. The molecule has 3 aromatic rings. The number of pyridine rings is 1. The smallest absolute Gasteiger partial charge is 0.435 e. The van der Waals surface area contributed by atoms with E-state index in [1.165, 1.54) is 31.2 Å². The zero-order chi connectivity index (χ0) is 30.2. The van der Waals surface area contributed by atoms with Gasteiger partial charge in [0.15, 0.2) is 18.2 Å². The topological polar surface area (TPSA) is 76.3 Å². The third kappa shape index (κ3) is 5.77. The van der Waals surface area contributed by atoms with E-state index in [0.717, 1.165) is 23.4 Å². The summed E-state index contributed by atoms with van der Waals surface area (Å²) in [6.45, 7) is 1.41. The van der Waals surface area contributed by atoms with Crippen molar-refractivity contribution in [3.63, 3.8) is 0 Å². The van der Waals surface area contributed by atoms with Gasteiger partial charge in [-0.2, -0.15) is 31.1 Å². The van der Waals surface area contributed by atoms with Crippen LogP contribution in [-0.2, 0) is 5.67 Å². The van der Waals surface area contributed by atoms with E-state index in [1.807, 2.05) is 0 Å². The molecule has 1 heterocycles. The fourth-order valence-electron chi connectivity index (χ4n) is 3.62. The maximum absolute atomic E-state index is 15.5. The Morgan fingerprint density at radius 3 is 2.05 bits per heavy atom. The highest BCUT2D eigenvalue weighted by molar-refractivity contribution is 9.11. The van der Waals surface area contributed by atoms with Gasteiger partial charge < -0.3 is 15.4 Å². The van der Waals surface area contributed by atoms with E-state index in [-0.39, 0.29) is 29.9 Å². The first kappa shape index (κ1) is 31.3. The van der Waals surface area contributed by atoms with Crippen LogP contribution >= 0.6 is 31.9 Å². The average Bonchev–Trinajstić information content (AvgIpc) is 2.85. The van der Waals surface area contributed by atoms with Gasteiger partial charge in [0.1, 0.15) is 5.56 Å². The third-order valence-electron chi connectivity index (χ3n) is 5.56. The van der Waals surface area contributed by atoms with E-state index in [2.05, 4.69) is 37.2 Å². The zero-order valence-corrected chi connectivity index (χ0v) is 23.0. The van der Waals surface area contributed by atoms with Crippen molar-refractivity contribution in [3.8, 4) is 0 Å². The van der Waals surface area contributed by atoms with E-state index in [4.69, 9.17) is 0 Å². The van der Waals surface area contributed by atoms with Crippen LogP contribution in [0.5, 0.6) is 0 Å². The molecule has 0 atom stereocenters. The molecule has 6 nitrogen and oxygen atoms in total. The predicted molar refractivity (Wildman–Crippen MR) is 134 cm³/mol. The highest BCUT2D eigenvalue weighted by Gasteiger charge is 2.73. The number of nitrogens with one attached hydrogen (secondary N) is 1. The van der Waals surface area contributed by atoms with E-state index in [9.17, 15) is 45.5 Å². The Bertz CT molecular complexity index is 1430. The molecule has 40 heavy (non-hydrogen) atoms. The normalized spacial score (nSPS) is 12.3. The van der Waals surface area contributed by atoms with Gasteiger partial charge in [0, 0.05) is 27.1 Å². The molecule has 3 rings (SSSR count). The summed E-state index contributed by atoms with van der Waals surface area (Å²) in [5.74, 6) is -3.16. The van der Waals surface area contributed by atoms with E-state index in [1.54, 1.807) is 0 Å². The average molecular weight is 705 g/mol. The summed E-state index contributed by atoms with van der Waals surface area (Å²) >= 11 is 5.45. The van der Waals surface area contributed by atoms with E-state index in [0.29, 0.717) is 4.73 Å². The lowest BCUT2D eigenvalue weighted by atomic mass is 9.94. The first-order valence-electron chi connectivity index (χ1n) is 10.9. The monoisotopic (exact) mass is 703 g/mol. The Labute approximate surface area is 237 Å². The molecule has 0 saturated carbocycles. The number of anilines is 2. The molecule has 2 aromatic carbocycles. The van der Waals surface area contributed by atoms with E-state index >= 15 is 4.39 Å². The van der Waals surface area contributed by atoms with Gasteiger partial charge in [0.25, 0.3) is 11.8 Å². The molecule has 1 N–H and O–H groups in total.